The van der Waals surface area contributed by atoms with Crippen LogP contribution in [0.3, 0.4) is 0 Å². The van der Waals surface area contributed by atoms with Gasteiger partial charge in [0.05, 0.1) is 0 Å². The highest BCUT2D eigenvalue weighted by Crippen LogP contribution is 2.50. The van der Waals surface area contributed by atoms with Crippen molar-refractivity contribution in [3.63, 3.8) is 0 Å². The topological polar surface area (TPSA) is 12.0 Å². The van der Waals surface area contributed by atoms with Crippen LogP contribution in [-0.2, 0) is 0 Å². The van der Waals surface area contributed by atoms with E-state index in [1.54, 1.807) is 0 Å². The van der Waals surface area contributed by atoms with Crippen LogP contribution in [0.5, 0.6) is 0 Å². The van der Waals surface area contributed by atoms with Gasteiger partial charge in [0.2, 0.25) is 0 Å². The van der Waals surface area contributed by atoms with E-state index in [9.17, 15) is 8.78 Å². The summed E-state index contributed by atoms with van der Waals surface area (Å²) in [5.41, 5.74) is 0.604. The van der Waals surface area contributed by atoms with Crippen LogP contribution in [0.1, 0.15) is 19.3 Å². The zero-order valence-electron chi connectivity index (χ0n) is 6.29. The molecule has 0 aromatic rings. The molecule has 1 heterocycles. The maximum absolute atomic E-state index is 12.0. The van der Waals surface area contributed by atoms with Gasteiger partial charge >= 0.3 is 0 Å². The lowest BCUT2D eigenvalue weighted by molar-refractivity contribution is 0.216. The minimum absolute atomic E-state index is 0.221. The first-order chi connectivity index (χ1) is 5.22. The van der Waals surface area contributed by atoms with Crippen molar-refractivity contribution < 1.29 is 8.78 Å². The molecule has 1 N–H and O–H groups in total. The zero-order chi connectivity index (χ0) is 7.90. The number of nitrogens with one attached hydrogen (secondary N) is 1. The second-order valence-corrected chi connectivity index (χ2v) is 3.64. The van der Waals surface area contributed by atoms with Crippen molar-refractivity contribution in [2.45, 2.75) is 19.3 Å². The highest BCUT2D eigenvalue weighted by atomic mass is 19.3. The van der Waals surface area contributed by atoms with E-state index in [0.29, 0.717) is 18.4 Å². The van der Waals surface area contributed by atoms with Crippen LogP contribution >= 0.6 is 0 Å². The molecule has 2 rings (SSSR count). The van der Waals surface area contributed by atoms with Crippen molar-refractivity contribution in [3.8, 4) is 0 Å². The van der Waals surface area contributed by atoms with E-state index < -0.39 is 6.08 Å². The van der Waals surface area contributed by atoms with Crippen LogP contribution in [0, 0.1) is 5.41 Å². The third kappa shape index (κ3) is 1.07. The van der Waals surface area contributed by atoms with Crippen LogP contribution < -0.4 is 5.32 Å². The molecule has 1 nitrogen and oxygen atoms in total. The third-order valence-electron chi connectivity index (χ3n) is 2.78. The standard InChI is InChI=1S/C8H11F2N/c9-7(10)6-3-8(4-6)1-2-11-5-8/h11H,1-5H2. The molecule has 2 aliphatic rings. The SMILES string of the molecule is FC(F)=C1CC2(CCNC2)C1. The molecule has 0 bridgehead atoms. The van der Waals surface area contributed by atoms with Crippen LogP contribution in [-0.4, -0.2) is 13.1 Å². The summed E-state index contributed by atoms with van der Waals surface area (Å²) in [5.74, 6) is 0. The molecule has 0 aromatic heterocycles. The fourth-order valence-corrected chi connectivity index (χ4v) is 2.08. The second kappa shape index (κ2) is 2.27. The van der Waals surface area contributed by atoms with Crippen molar-refractivity contribution in [1.82, 2.24) is 5.32 Å². The quantitative estimate of drug-likeness (QED) is 0.569. The summed E-state index contributed by atoms with van der Waals surface area (Å²) in [4.78, 5) is 0. The monoisotopic (exact) mass is 159 g/mol. The molecule has 1 saturated heterocycles. The normalized spacial score (nSPS) is 36.0. The predicted octanol–water partition coefficient (Wildman–Crippen LogP) is 1.91. The average molecular weight is 159 g/mol. The lowest BCUT2D eigenvalue weighted by Crippen LogP contribution is -2.33. The molecule has 0 amide bonds. The minimum Gasteiger partial charge on any atom is -0.316 e. The Morgan fingerprint density at radius 1 is 1.36 bits per heavy atom. The molecule has 0 atom stereocenters. The summed E-state index contributed by atoms with van der Waals surface area (Å²) < 4.78 is 24.0. The van der Waals surface area contributed by atoms with Crippen LogP contribution in [0.15, 0.2) is 11.7 Å². The summed E-state index contributed by atoms with van der Waals surface area (Å²) >= 11 is 0. The van der Waals surface area contributed by atoms with Gasteiger partial charge in [-0.2, -0.15) is 8.78 Å². The van der Waals surface area contributed by atoms with Crippen molar-refractivity contribution in [2.75, 3.05) is 13.1 Å². The maximum atomic E-state index is 12.0. The van der Waals surface area contributed by atoms with Crippen LogP contribution in [0.2, 0.25) is 0 Å². The number of rotatable bonds is 0. The molecule has 0 aromatic carbocycles. The molecule has 1 aliphatic carbocycles. The summed E-state index contributed by atoms with van der Waals surface area (Å²) in [6.45, 7) is 1.94. The van der Waals surface area contributed by atoms with Gasteiger partial charge < -0.3 is 5.32 Å². The second-order valence-electron chi connectivity index (χ2n) is 3.64. The van der Waals surface area contributed by atoms with Crippen LogP contribution in [0.4, 0.5) is 8.78 Å². The molecule has 3 heteroatoms. The molecule has 1 saturated carbocycles. The largest absolute Gasteiger partial charge is 0.316 e. The number of hydrogen-bond donors (Lipinski definition) is 1. The molecule has 1 aliphatic heterocycles. The molecule has 11 heavy (non-hydrogen) atoms. The van der Waals surface area contributed by atoms with E-state index in [2.05, 4.69) is 5.32 Å². The van der Waals surface area contributed by atoms with Gasteiger partial charge in [0, 0.05) is 6.54 Å². The molecule has 2 fully saturated rings. The van der Waals surface area contributed by atoms with Gasteiger partial charge in [-0.3, -0.25) is 0 Å². The Labute approximate surface area is 64.5 Å². The highest BCUT2D eigenvalue weighted by Gasteiger charge is 2.44. The number of allylic oxidation sites excluding steroid dienone is 1. The van der Waals surface area contributed by atoms with Gasteiger partial charge in [0.15, 0.2) is 0 Å². The Kier molecular flexibility index (Phi) is 1.49. The summed E-state index contributed by atoms with van der Waals surface area (Å²) in [6, 6.07) is 0. The Morgan fingerprint density at radius 3 is 2.55 bits per heavy atom. The van der Waals surface area contributed by atoms with Crippen molar-refractivity contribution in [1.29, 1.82) is 0 Å². The van der Waals surface area contributed by atoms with E-state index >= 15 is 0 Å². The average Bonchev–Trinajstić information content (AvgIpc) is 2.29. The Hall–Kier alpha value is -0.440. The molecule has 0 radical (unpaired) electrons. The van der Waals surface area contributed by atoms with Gasteiger partial charge in [-0.25, -0.2) is 0 Å². The van der Waals surface area contributed by atoms with E-state index in [1.807, 2.05) is 0 Å². The Balaban J connectivity index is 2.01. The number of halogens is 2. The van der Waals surface area contributed by atoms with Gasteiger partial charge in [-0.15, -0.1) is 0 Å². The van der Waals surface area contributed by atoms with Gasteiger partial charge in [0.25, 0.3) is 6.08 Å². The molecule has 0 unspecified atom stereocenters. The Morgan fingerprint density at radius 2 is 2.09 bits per heavy atom. The lowest BCUT2D eigenvalue weighted by Gasteiger charge is -2.39. The smallest absolute Gasteiger partial charge is 0.269 e. The predicted molar refractivity (Wildman–Crippen MR) is 38.4 cm³/mol. The summed E-state index contributed by atoms with van der Waals surface area (Å²) in [5, 5.41) is 3.21. The first kappa shape index (κ1) is 7.22. The molecule has 1 spiro atoms. The zero-order valence-corrected chi connectivity index (χ0v) is 6.29. The van der Waals surface area contributed by atoms with Crippen molar-refractivity contribution in [2.24, 2.45) is 5.41 Å². The molecular weight excluding hydrogens is 148 g/mol. The first-order valence-corrected chi connectivity index (χ1v) is 3.96. The molecular formula is C8H11F2N. The first-order valence-electron chi connectivity index (χ1n) is 3.96. The van der Waals surface area contributed by atoms with Crippen molar-refractivity contribution >= 4 is 0 Å². The fourth-order valence-electron chi connectivity index (χ4n) is 2.08. The summed E-state index contributed by atoms with van der Waals surface area (Å²) in [7, 11) is 0. The fraction of sp³-hybridized carbons (Fsp3) is 0.750. The van der Waals surface area contributed by atoms with Gasteiger partial charge in [-0.05, 0) is 36.8 Å². The van der Waals surface area contributed by atoms with E-state index in [4.69, 9.17) is 0 Å². The van der Waals surface area contributed by atoms with Gasteiger partial charge in [-0.1, -0.05) is 0 Å². The van der Waals surface area contributed by atoms with E-state index in [-0.39, 0.29) is 5.41 Å². The van der Waals surface area contributed by atoms with E-state index in [1.165, 1.54) is 0 Å². The van der Waals surface area contributed by atoms with E-state index in [0.717, 1.165) is 19.5 Å². The molecule has 62 valence electrons. The van der Waals surface area contributed by atoms with Gasteiger partial charge in [0.1, 0.15) is 0 Å². The van der Waals surface area contributed by atoms with Crippen LogP contribution in [0.25, 0.3) is 0 Å². The third-order valence-corrected chi connectivity index (χ3v) is 2.78. The Bertz CT molecular complexity index is 190. The maximum Gasteiger partial charge on any atom is 0.269 e. The minimum atomic E-state index is -1.44. The van der Waals surface area contributed by atoms with Crippen molar-refractivity contribution in [3.05, 3.63) is 11.7 Å². The highest BCUT2D eigenvalue weighted by molar-refractivity contribution is 5.21. The number of hydrogen-bond acceptors (Lipinski definition) is 1. The lowest BCUT2D eigenvalue weighted by atomic mass is 9.65. The summed E-state index contributed by atoms with van der Waals surface area (Å²) in [6.07, 6.45) is 0.886.